The molecule has 0 unspecified atom stereocenters. The summed E-state index contributed by atoms with van der Waals surface area (Å²) in [4.78, 5) is 13.3. The smallest absolute Gasteiger partial charge is 0.407 e. The quantitative estimate of drug-likeness (QED) is 0.564. The number of ether oxygens (including phenoxy) is 1. The van der Waals surface area contributed by atoms with Crippen molar-refractivity contribution in [1.29, 1.82) is 0 Å². The lowest BCUT2D eigenvalue weighted by atomic mass is 10.2. The van der Waals surface area contributed by atoms with Crippen LogP contribution in [0.15, 0.2) is 73.0 Å². The van der Waals surface area contributed by atoms with Crippen LogP contribution in [0.25, 0.3) is 0 Å². The number of amides is 1. The molecule has 1 saturated heterocycles. The zero-order valence-electron chi connectivity index (χ0n) is 18.1. The van der Waals surface area contributed by atoms with E-state index in [9.17, 15) is 9.90 Å². The van der Waals surface area contributed by atoms with Gasteiger partial charge in [-0.1, -0.05) is 81.4 Å². The van der Waals surface area contributed by atoms with E-state index in [1.54, 1.807) is 19.4 Å². The highest BCUT2D eigenvalue weighted by Gasteiger charge is 2.52. The topological polar surface area (TPSA) is 59.0 Å². The number of hydrogen-bond donors (Lipinski definition) is 1. The number of rotatable bonds is 6. The molecule has 1 amide bonds. The third-order valence-corrected chi connectivity index (χ3v) is 10.8. The Kier molecular flexibility index (Phi) is 6.68. The van der Waals surface area contributed by atoms with Crippen LogP contribution in [0.5, 0.6) is 0 Å². The molecule has 0 saturated carbocycles. The van der Waals surface area contributed by atoms with E-state index in [0.29, 0.717) is 13.0 Å². The molecule has 160 valence electrons. The fourth-order valence-electron chi connectivity index (χ4n) is 4.42. The maximum Gasteiger partial charge on any atom is 0.407 e. The van der Waals surface area contributed by atoms with Gasteiger partial charge in [0.15, 0.2) is 0 Å². The fraction of sp³-hybridized carbons (Fsp3) is 0.375. The van der Waals surface area contributed by atoms with Crippen LogP contribution in [0.1, 0.15) is 27.2 Å². The summed E-state index contributed by atoms with van der Waals surface area (Å²) in [5, 5.41) is 11.9. The van der Waals surface area contributed by atoms with Gasteiger partial charge >= 0.3 is 6.09 Å². The Labute approximate surface area is 180 Å². The van der Waals surface area contributed by atoms with Crippen LogP contribution in [0.2, 0.25) is 5.04 Å². The highest BCUT2D eigenvalue weighted by Crippen LogP contribution is 2.39. The van der Waals surface area contributed by atoms with Crippen LogP contribution >= 0.6 is 0 Å². The SMILES string of the molecule is CO/C=C/[C@H]1C[C@H](O[Si](c2ccccc2)(c2ccccc2)C(C)(C)C)CN1C(=O)O. The third kappa shape index (κ3) is 4.30. The van der Waals surface area contributed by atoms with E-state index in [0.717, 1.165) is 0 Å². The molecule has 0 bridgehead atoms. The summed E-state index contributed by atoms with van der Waals surface area (Å²) in [6, 6.07) is 20.6. The van der Waals surface area contributed by atoms with Gasteiger partial charge in [-0.2, -0.15) is 0 Å². The van der Waals surface area contributed by atoms with Crippen LogP contribution in [0, 0.1) is 0 Å². The molecular weight excluding hydrogens is 394 g/mol. The van der Waals surface area contributed by atoms with Crippen LogP contribution in [-0.4, -0.2) is 50.2 Å². The minimum Gasteiger partial charge on any atom is -0.505 e. The lowest BCUT2D eigenvalue weighted by Gasteiger charge is -2.44. The lowest BCUT2D eigenvalue weighted by Crippen LogP contribution is -2.67. The third-order valence-electron chi connectivity index (χ3n) is 5.75. The number of methoxy groups -OCH3 is 1. The highest BCUT2D eigenvalue weighted by molar-refractivity contribution is 6.99. The predicted octanol–water partition coefficient (Wildman–Crippen LogP) is 3.84. The monoisotopic (exact) mass is 425 g/mol. The second-order valence-corrected chi connectivity index (χ2v) is 13.0. The van der Waals surface area contributed by atoms with Crippen molar-refractivity contribution in [1.82, 2.24) is 4.90 Å². The number of carboxylic acid groups (broad SMARTS) is 1. The molecule has 30 heavy (non-hydrogen) atoms. The molecule has 0 aliphatic carbocycles. The number of carbonyl (C=O) groups is 1. The largest absolute Gasteiger partial charge is 0.505 e. The fourth-order valence-corrected chi connectivity index (χ4v) is 9.11. The first-order valence-corrected chi connectivity index (χ1v) is 12.2. The molecule has 1 aliphatic heterocycles. The molecule has 5 nitrogen and oxygen atoms in total. The van der Waals surface area contributed by atoms with Crippen molar-refractivity contribution in [2.45, 2.75) is 44.4 Å². The molecule has 3 rings (SSSR count). The standard InChI is InChI=1S/C24H31NO4Si/c1-24(2,3)30(21-11-7-5-8-12-21,22-13-9-6-10-14-22)29-20-17-19(15-16-28-4)25(18-20)23(26)27/h5-16,19-20H,17-18H2,1-4H3,(H,26,27)/b16-15+/t19-,20-/m0/s1. The maximum atomic E-state index is 11.8. The summed E-state index contributed by atoms with van der Waals surface area (Å²) in [6.45, 7) is 7.03. The van der Waals surface area contributed by atoms with Gasteiger partial charge in [0, 0.05) is 6.54 Å². The molecule has 1 fully saturated rings. The molecule has 1 aliphatic rings. The Balaban J connectivity index is 2.06. The first-order chi connectivity index (χ1) is 14.3. The highest BCUT2D eigenvalue weighted by atomic mass is 28.4. The van der Waals surface area contributed by atoms with Crippen molar-refractivity contribution in [2.75, 3.05) is 13.7 Å². The zero-order valence-corrected chi connectivity index (χ0v) is 19.1. The molecule has 0 spiro atoms. The predicted molar refractivity (Wildman–Crippen MR) is 122 cm³/mol. The normalized spacial score (nSPS) is 19.9. The van der Waals surface area contributed by atoms with E-state index in [4.69, 9.17) is 9.16 Å². The average Bonchev–Trinajstić information content (AvgIpc) is 3.14. The molecule has 2 aromatic rings. The summed E-state index contributed by atoms with van der Waals surface area (Å²) < 4.78 is 12.1. The van der Waals surface area contributed by atoms with Crippen LogP contribution in [-0.2, 0) is 9.16 Å². The Hall–Kier alpha value is -2.57. The minimum atomic E-state index is -2.71. The van der Waals surface area contributed by atoms with Gasteiger partial charge in [0.05, 0.1) is 25.5 Å². The van der Waals surface area contributed by atoms with Gasteiger partial charge in [0.1, 0.15) is 0 Å². The van der Waals surface area contributed by atoms with Crippen molar-refractivity contribution in [3.05, 3.63) is 73.0 Å². The molecule has 1 heterocycles. The van der Waals surface area contributed by atoms with Gasteiger partial charge in [0.25, 0.3) is 8.32 Å². The maximum absolute atomic E-state index is 11.8. The second-order valence-electron chi connectivity index (χ2n) is 8.71. The molecule has 1 N–H and O–H groups in total. The van der Waals surface area contributed by atoms with E-state index in [1.807, 2.05) is 12.1 Å². The molecule has 2 aromatic carbocycles. The van der Waals surface area contributed by atoms with Gasteiger partial charge in [0.2, 0.25) is 0 Å². The summed E-state index contributed by atoms with van der Waals surface area (Å²) in [6.07, 6.45) is 2.82. The van der Waals surface area contributed by atoms with E-state index in [-0.39, 0.29) is 17.2 Å². The summed E-state index contributed by atoms with van der Waals surface area (Å²) in [7, 11) is -1.15. The summed E-state index contributed by atoms with van der Waals surface area (Å²) >= 11 is 0. The van der Waals surface area contributed by atoms with Crippen molar-refractivity contribution < 1.29 is 19.1 Å². The first kappa shape index (κ1) is 22.1. The van der Waals surface area contributed by atoms with E-state index in [1.165, 1.54) is 15.3 Å². The Bertz CT molecular complexity index is 824. The number of benzene rings is 2. The zero-order chi connectivity index (χ0) is 21.8. The molecule has 0 aromatic heterocycles. The Morgan fingerprint density at radius 2 is 1.60 bits per heavy atom. The van der Waals surface area contributed by atoms with Crippen molar-refractivity contribution in [3.63, 3.8) is 0 Å². The van der Waals surface area contributed by atoms with Crippen LogP contribution in [0.4, 0.5) is 4.79 Å². The van der Waals surface area contributed by atoms with Crippen molar-refractivity contribution in [3.8, 4) is 0 Å². The van der Waals surface area contributed by atoms with E-state index < -0.39 is 14.4 Å². The van der Waals surface area contributed by atoms with Crippen molar-refractivity contribution >= 4 is 24.8 Å². The van der Waals surface area contributed by atoms with E-state index in [2.05, 4.69) is 69.3 Å². The first-order valence-electron chi connectivity index (χ1n) is 10.3. The minimum absolute atomic E-state index is 0.149. The van der Waals surface area contributed by atoms with Gasteiger partial charge in [-0.05, 0) is 27.9 Å². The van der Waals surface area contributed by atoms with Gasteiger partial charge < -0.3 is 14.3 Å². The Morgan fingerprint density at radius 3 is 2.03 bits per heavy atom. The number of nitrogens with zero attached hydrogens (tertiary/aromatic N) is 1. The average molecular weight is 426 g/mol. The Morgan fingerprint density at radius 1 is 1.07 bits per heavy atom. The van der Waals surface area contributed by atoms with Crippen LogP contribution < -0.4 is 10.4 Å². The summed E-state index contributed by atoms with van der Waals surface area (Å²) in [5.41, 5.74) is 0. The number of hydrogen-bond acceptors (Lipinski definition) is 3. The van der Waals surface area contributed by atoms with E-state index >= 15 is 0 Å². The molecule has 2 atom stereocenters. The van der Waals surface area contributed by atoms with Crippen molar-refractivity contribution in [2.24, 2.45) is 0 Å². The number of likely N-dealkylation sites (tertiary alicyclic amines) is 1. The summed E-state index contributed by atoms with van der Waals surface area (Å²) in [5.74, 6) is 0. The second kappa shape index (κ2) is 9.06. The van der Waals surface area contributed by atoms with Gasteiger partial charge in [-0.3, -0.25) is 4.90 Å². The van der Waals surface area contributed by atoms with Gasteiger partial charge in [-0.25, -0.2) is 4.79 Å². The van der Waals surface area contributed by atoms with Crippen LogP contribution in [0.3, 0.4) is 0 Å². The molecule has 0 radical (unpaired) electrons. The molecular formula is C24H31NO4Si. The lowest BCUT2D eigenvalue weighted by molar-refractivity contribution is 0.138. The van der Waals surface area contributed by atoms with Gasteiger partial charge in [-0.15, -0.1) is 0 Å². The molecule has 6 heteroatoms.